The molecule has 3 rings (SSSR count). The Bertz CT molecular complexity index is 854. The van der Waals surface area contributed by atoms with Crippen LogP contribution >= 0.6 is 15.9 Å². The number of morpholine rings is 1. The van der Waals surface area contributed by atoms with E-state index in [0.717, 1.165) is 5.56 Å². The van der Waals surface area contributed by atoms with E-state index in [1.807, 2.05) is 0 Å². The molecule has 2 heterocycles. The topological polar surface area (TPSA) is 93.1 Å². The summed E-state index contributed by atoms with van der Waals surface area (Å²) < 4.78 is 11.5. The van der Waals surface area contributed by atoms with E-state index in [0.29, 0.717) is 42.1 Å². The lowest BCUT2D eigenvalue weighted by Gasteiger charge is -2.26. The summed E-state index contributed by atoms with van der Waals surface area (Å²) in [5, 5.41) is 3.94. The number of hydrogen-bond donors (Lipinski definition) is 1. The van der Waals surface area contributed by atoms with Gasteiger partial charge in [0.05, 0.1) is 29.5 Å². The van der Waals surface area contributed by atoms with Gasteiger partial charge in [-0.1, -0.05) is 0 Å². The molecule has 2 aromatic rings. The molecule has 0 aliphatic carbocycles. The van der Waals surface area contributed by atoms with E-state index in [4.69, 9.17) is 9.47 Å². The van der Waals surface area contributed by atoms with Crippen molar-refractivity contribution >= 4 is 34.0 Å². The molecule has 0 radical (unpaired) electrons. The van der Waals surface area contributed by atoms with Gasteiger partial charge in [-0.2, -0.15) is 5.10 Å². The summed E-state index contributed by atoms with van der Waals surface area (Å²) in [5.41, 5.74) is 3.62. The molecule has 1 aliphatic rings. The lowest BCUT2D eigenvalue weighted by molar-refractivity contribution is -0.137. The number of pyridine rings is 1. The minimum Gasteiger partial charge on any atom is -0.483 e. The maximum Gasteiger partial charge on any atom is 0.272 e. The Morgan fingerprint density at radius 1 is 1.32 bits per heavy atom. The highest BCUT2D eigenvalue weighted by Gasteiger charge is 2.17. The minimum atomic E-state index is -0.343. The highest BCUT2D eigenvalue weighted by atomic mass is 79.9. The van der Waals surface area contributed by atoms with Gasteiger partial charge in [-0.3, -0.25) is 14.6 Å². The first-order valence-electron chi connectivity index (χ1n) is 8.65. The lowest BCUT2D eigenvalue weighted by Crippen LogP contribution is -2.43. The SMILES string of the molecule is O=C(N/N=C/c1ccc(OCC(=O)N2CCOCC2)c(Br)c1)c1cccnc1. The van der Waals surface area contributed by atoms with Crippen LogP contribution in [0.1, 0.15) is 15.9 Å². The number of amides is 2. The molecule has 1 aromatic heterocycles. The number of hydrogen-bond acceptors (Lipinski definition) is 6. The van der Waals surface area contributed by atoms with Crippen molar-refractivity contribution in [3.05, 3.63) is 58.3 Å². The van der Waals surface area contributed by atoms with E-state index >= 15 is 0 Å². The average molecular weight is 447 g/mol. The molecular formula is C19H19BrN4O4. The van der Waals surface area contributed by atoms with Crippen molar-refractivity contribution < 1.29 is 19.1 Å². The molecule has 0 spiro atoms. The Hall–Kier alpha value is -2.78. The summed E-state index contributed by atoms with van der Waals surface area (Å²) in [4.78, 5) is 29.6. The second-order valence-corrected chi connectivity index (χ2v) is 6.77. The number of aromatic nitrogens is 1. The molecule has 8 nitrogen and oxygen atoms in total. The first-order valence-corrected chi connectivity index (χ1v) is 9.44. The molecule has 2 amide bonds. The van der Waals surface area contributed by atoms with E-state index in [1.165, 1.54) is 12.4 Å². The number of carbonyl (C=O) groups is 2. The van der Waals surface area contributed by atoms with Gasteiger partial charge in [0.15, 0.2) is 6.61 Å². The molecule has 1 fully saturated rings. The largest absolute Gasteiger partial charge is 0.483 e. The van der Waals surface area contributed by atoms with Crippen LogP contribution in [0.4, 0.5) is 0 Å². The summed E-state index contributed by atoms with van der Waals surface area (Å²) in [5.74, 6) is 0.141. The van der Waals surface area contributed by atoms with Crippen molar-refractivity contribution in [2.75, 3.05) is 32.9 Å². The summed E-state index contributed by atoms with van der Waals surface area (Å²) in [6.45, 7) is 2.25. The zero-order valence-corrected chi connectivity index (χ0v) is 16.6. The monoisotopic (exact) mass is 446 g/mol. The number of nitrogens with one attached hydrogen (secondary N) is 1. The van der Waals surface area contributed by atoms with Crippen molar-refractivity contribution in [2.45, 2.75) is 0 Å². The predicted octanol–water partition coefficient (Wildman–Crippen LogP) is 1.85. The van der Waals surface area contributed by atoms with E-state index < -0.39 is 0 Å². The van der Waals surface area contributed by atoms with Gasteiger partial charge in [0, 0.05) is 25.5 Å². The number of benzene rings is 1. The molecule has 146 valence electrons. The van der Waals surface area contributed by atoms with Crippen molar-refractivity contribution in [3.63, 3.8) is 0 Å². The molecule has 0 saturated carbocycles. The van der Waals surface area contributed by atoms with Gasteiger partial charge in [0.2, 0.25) is 0 Å². The predicted molar refractivity (Wildman–Crippen MR) is 106 cm³/mol. The van der Waals surface area contributed by atoms with Crippen LogP contribution in [0.5, 0.6) is 5.75 Å². The third-order valence-corrected chi connectivity index (χ3v) is 4.59. The fourth-order valence-corrected chi connectivity index (χ4v) is 3.00. The Labute approximate surface area is 170 Å². The maximum absolute atomic E-state index is 12.1. The van der Waals surface area contributed by atoms with Gasteiger partial charge >= 0.3 is 0 Å². The van der Waals surface area contributed by atoms with Crippen LogP contribution in [0.25, 0.3) is 0 Å². The summed E-state index contributed by atoms with van der Waals surface area (Å²) in [6, 6.07) is 8.63. The van der Waals surface area contributed by atoms with Crippen LogP contribution in [0.15, 0.2) is 52.3 Å². The number of ether oxygens (including phenoxy) is 2. The number of rotatable bonds is 6. The van der Waals surface area contributed by atoms with Crippen molar-refractivity contribution in [1.29, 1.82) is 0 Å². The van der Waals surface area contributed by atoms with Crippen LogP contribution in [-0.2, 0) is 9.53 Å². The van der Waals surface area contributed by atoms with Gasteiger partial charge in [-0.15, -0.1) is 0 Å². The Morgan fingerprint density at radius 2 is 2.14 bits per heavy atom. The van der Waals surface area contributed by atoms with E-state index in [1.54, 1.807) is 41.4 Å². The second kappa shape index (κ2) is 9.95. The molecule has 1 aromatic carbocycles. The number of halogens is 1. The third-order valence-electron chi connectivity index (χ3n) is 3.97. The van der Waals surface area contributed by atoms with Crippen LogP contribution in [0.3, 0.4) is 0 Å². The fraction of sp³-hybridized carbons (Fsp3) is 0.263. The smallest absolute Gasteiger partial charge is 0.272 e. The van der Waals surface area contributed by atoms with Crippen LogP contribution < -0.4 is 10.2 Å². The molecule has 9 heteroatoms. The second-order valence-electron chi connectivity index (χ2n) is 5.91. The van der Waals surface area contributed by atoms with Gasteiger partial charge in [0.25, 0.3) is 11.8 Å². The highest BCUT2D eigenvalue weighted by Crippen LogP contribution is 2.25. The Morgan fingerprint density at radius 3 is 2.86 bits per heavy atom. The van der Waals surface area contributed by atoms with Gasteiger partial charge < -0.3 is 14.4 Å². The van der Waals surface area contributed by atoms with Crippen molar-refractivity contribution in [1.82, 2.24) is 15.3 Å². The Kier molecular flexibility index (Phi) is 7.10. The van der Waals surface area contributed by atoms with Gasteiger partial charge in [-0.25, -0.2) is 5.43 Å². The zero-order valence-electron chi connectivity index (χ0n) is 15.0. The summed E-state index contributed by atoms with van der Waals surface area (Å²) in [6.07, 6.45) is 4.57. The molecule has 1 saturated heterocycles. The van der Waals surface area contributed by atoms with Crippen molar-refractivity contribution in [3.8, 4) is 5.75 Å². The van der Waals surface area contributed by atoms with E-state index in [9.17, 15) is 9.59 Å². The maximum atomic E-state index is 12.1. The zero-order chi connectivity index (χ0) is 19.8. The van der Waals surface area contributed by atoms with Crippen LogP contribution in [0.2, 0.25) is 0 Å². The molecule has 28 heavy (non-hydrogen) atoms. The average Bonchev–Trinajstić information content (AvgIpc) is 2.74. The molecule has 0 bridgehead atoms. The number of hydrazone groups is 1. The first kappa shape index (κ1) is 20.0. The van der Waals surface area contributed by atoms with Crippen molar-refractivity contribution in [2.24, 2.45) is 5.10 Å². The van der Waals surface area contributed by atoms with E-state index in [2.05, 4.69) is 31.4 Å². The number of nitrogens with zero attached hydrogens (tertiary/aromatic N) is 3. The fourth-order valence-electron chi connectivity index (χ4n) is 2.49. The molecule has 1 N–H and O–H groups in total. The third kappa shape index (κ3) is 5.61. The normalized spacial score (nSPS) is 14.1. The molecular weight excluding hydrogens is 428 g/mol. The van der Waals surface area contributed by atoms with Gasteiger partial charge in [0.1, 0.15) is 5.75 Å². The summed E-state index contributed by atoms with van der Waals surface area (Å²) in [7, 11) is 0. The quantitative estimate of drug-likeness (QED) is 0.539. The van der Waals surface area contributed by atoms with Gasteiger partial charge in [-0.05, 0) is 51.8 Å². The van der Waals surface area contributed by atoms with Crippen LogP contribution in [-0.4, -0.2) is 60.8 Å². The molecule has 0 unspecified atom stereocenters. The highest BCUT2D eigenvalue weighted by molar-refractivity contribution is 9.10. The van der Waals surface area contributed by atoms with E-state index in [-0.39, 0.29) is 18.4 Å². The molecule has 1 aliphatic heterocycles. The lowest BCUT2D eigenvalue weighted by atomic mass is 10.2. The molecule has 0 atom stereocenters. The Balaban J connectivity index is 1.52. The standard InChI is InChI=1S/C19H19BrN4O4/c20-16-10-14(11-22-23-19(26)15-2-1-5-21-12-15)3-4-17(16)28-13-18(25)24-6-8-27-9-7-24/h1-5,10-12H,6-9,13H2,(H,23,26)/b22-11+. The summed E-state index contributed by atoms with van der Waals surface area (Å²) >= 11 is 3.42. The number of carbonyl (C=O) groups excluding carboxylic acids is 2. The minimum absolute atomic E-state index is 0.0345. The van der Waals surface area contributed by atoms with Crippen LogP contribution in [0, 0.1) is 0 Å². The first-order chi connectivity index (χ1) is 13.6.